The van der Waals surface area contributed by atoms with Crippen LogP contribution in [0.5, 0.6) is 0 Å². The number of carbonyl (C=O) groups excluding carboxylic acids is 2. The zero-order chi connectivity index (χ0) is 19.2. The van der Waals surface area contributed by atoms with Gasteiger partial charge >= 0.3 is 0 Å². The Morgan fingerprint density at radius 2 is 1.96 bits per heavy atom. The van der Waals surface area contributed by atoms with Gasteiger partial charge in [0, 0.05) is 29.6 Å². The van der Waals surface area contributed by atoms with Gasteiger partial charge in [-0.2, -0.15) is 4.37 Å². The van der Waals surface area contributed by atoms with Crippen LogP contribution in [-0.2, 0) is 6.42 Å². The topological polar surface area (TPSA) is 97.1 Å². The van der Waals surface area contributed by atoms with Gasteiger partial charge in [0.05, 0.1) is 4.70 Å². The van der Waals surface area contributed by atoms with Crippen LogP contribution in [0.1, 0.15) is 39.6 Å². The molecule has 4 N–H and O–H groups in total. The molecule has 27 heavy (non-hydrogen) atoms. The van der Waals surface area contributed by atoms with Gasteiger partial charge in [0.2, 0.25) is 5.91 Å². The van der Waals surface area contributed by atoms with Crippen LogP contribution < -0.4 is 16.4 Å². The van der Waals surface area contributed by atoms with Crippen molar-refractivity contribution in [1.29, 1.82) is 0 Å². The Hall–Kier alpha value is -2.93. The van der Waals surface area contributed by atoms with E-state index in [0.717, 1.165) is 27.9 Å². The summed E-state index contributed by atoms with van der Waals surface area (Å²) >= 11 is 1.44. The highest BCUT2D eigenvalue weighted by Gasteiger charge is 2.13. The highest BCUT2D eigenvalue weighted by atomic mass is 32.1. The van der Waals surface area contributed by atoms with Crippen LogP contribution in [0.4, 0.5) is 5.82 Å². The maximum absolute atomic E-state index is 12.2. The first kappa shape index (κ1) is 18.8. The minimum absolute atomic E-state index is 0.146. The number of amides is 2. The number of nitrogens with one attached hydrogen (secondary N) is 2. The first-order valence-corrected chi connectivity index (χ1v) is 9.66. The lowest BCUT2D eigenvalue weighted by atomic mass is 10.00. The summed E-state index contributed by atoms with van der Waals surface area (Å²) in [7, 11) is 0. The molecule has 0 aliphatic heterocycles. The van der Waals surface area contributed by atoms with Crippen LogP contribution in [0, 0.1) is 0 Å². The van der Waals surface area contributed by atoms with Crippen molar-refractivity contribution in [1.82, 2.24) is 9.69 Å². The van der Waals surface area contributed by atoms with Crippen LogP contribution in [-0.4, -0.2) is 29.3 Å². The molecule has 2 amide bonds. The Bertz CT molecular complexity index is 968. The lowest BCUT2D eigenvalue weighted by Gasteiger charge is -2.11. The normalized spacial score (nSPS) is 10.7. The Balaban J connectivity index is 1.74. The van der Waals surface area contributed by atoms with E-state index >= 15 is 0 Å². The van der Waals surface area contributed by atoms with E-state index in [1.54, 1.807) is 18.2 Å². The summed E-state index contributed by atoms with van der Waals surface area (Å²) in [6, 6.07) is 13.0. The quantitative estimate of drug-likeness (QED) is 0.557. The van der Waals surface area contributed by atoms with Crippen molar-refractivity contribution in [3.63, 3.8) is 0 Å². The second-order valence-electron chi connectivity index (χ2n) is 6.20. The van der Waals surface area contributed by atoms with Gasteiger partial charge in [0.15, 0.2) is 0 Å². The molecule has 0 radical (unpaired) electrons. The third kappa shape index (κ3) is 4.43. The molecule has 140 valence electrons. The highest BCUT2D eigenvalue weighted by molar-refractivity contribution is 7.13. The lowest BCUT2D eigenvalue weighted by Crippen LogP contribution is -2.25. The summed E-state index contributed by atoms with van der Waals surface area (Å²) in [4.78, 5) is 23.9. The monoisotopic (exact) mass is 382 g/mol. The molecule has 0 fully saturated rings. The molecule has 3 aromatic rings. The largest absolute Gasteiger partial charge is 0.368 e. The van der Waals surface area contributed by atoms with Crippen LogP contribution in [0.3, 0.4) is 0 Å². The second kappa shape index (κ2) is 8.64. The number of benzene rings is 2. The van der Waals surface area contributed by atoms with E-state index in [-0.39, 0.29) is 5.91 Å². The molecular formula is C20H22N4O2S. The Labute approximate surface area is 161 Å². The van der Waals surface area contributed by atoms with Crippen LogP contribution in [0.25, 0.3) is 10.1 Å². The lowest BCUT2D eigenvalue weighted by molar-refractivity contribution is 0.0950. The van der Waals surface area contributed by atoms with Crippen molar-refractivity contribution in [3.8, 4) is 0 Å². The van der Waals surface area contributed by atoms with Gasteiger partial charge in [-0.15, -0.1) is 0 Å². The molecule has 2 aromatic carbocycles. The fraction of sp³-hybridized carbons (Fsp3) is 0.250. The van der Waals surface area contributed by atoms with Crippen molar-refractivity contribution < 1.29 is 9.59 Å². The van der Waals surface area contributed by atoms with Gasteiger partial charge in [-0.1, -0.05) is 19.1 Å². The zero-order valence-corrected chi connectivity index (χ0v) is 15.9. The molecular weight excluding hydrogens is 360 g/mol. The fourth-order valence-corrected chi connectivity index (χ4v) is 3.61. The number of carbonyl (C=O) groups is 2. The average Bonchev–Trinajstić information content (AvgIpc) is 3.09. The van der Waals surface area contributed by atoms with Gasteiger partial charge in [-0.05, 0) is 60.3 Å². The SMILES string of the molecule is CCCNC(=O)c1ccc(C(N)=O)c(CCNc2nsc3ccccc23)c1. The van der Waals surface area contributed by atoms with E-state index < -0.39 is 5.91 Å². The molecule has 6 nitrogen and oxygen atoms in total. The third-order valence-electron chi connectivity index (χ3n) is 4.23. The number of primary amides is 1. The number of aromatic nitrogens is 1. The van der Waals surface area contributed by atoms with Gasteiger partial charge in [0.1, 0.15) is 5.82 Å². The molecule has 0 atom stereocenters. The van der Waals surface area contributed by atoms with E-state index in [1.807, 2.05) is 31.2 Å². The summed E-state index contributed by atoms with van der Waals surface area (Å²) in [5.74, 6) is 0.185. The number of nitrogens with two attached hydrogens (primary N) is 1. The van der Waals surface area contributed by atoms with Gasteiger partial charge in [-0.3, -0.25) is 9.59 Å². The van der Waals surface area contributed by atoms with E-state index in [1.165, 1.54) is 11.5 Å². The van der Waals surface area contributed by atoms with Gasteiger partial charge < -0.3 is 16.4 Å². The average molecular weight is 382 g/mol. The minimum atomic E-state index is -0.496. The Kier molecular flexibility index (Phi) is 6.03. The van der Waals surface area contributed by atoms with E-state index in [0.29, 0.717) is 30.6 Å². The zero-order valence-electron chi connectivity index (χ0n) is 15.1. The molecule has 1 aromatic heterocycles. The van der Waals surface area contributed by atoms with Crippen LogP contribution in [0.2, 0.25) is 0 Å². The van der Waals surface area contributed by atoms with E-state index in [4.69, 9.17) is 5.73 Å². The predicted molar refractivity (Wildman–Crippen MR) is 109 cm³/mol. The maximum Gasteiger partial charge on any atom is 0.251 e. The molecule has 3 rings (SSSR count). The molecule has 0 unspecified atom stereocenters. The molecule has 0 aliphatic carbocycles. The summed E-state index contributed by atoms with van der Waals surface area (Å²) in [5.41, 5.74) is 7.21. The maximum atomic E-state index is 12.2. The molecule has 0 bridgehead atoms. The van der Waals surface area contributed by atoms with Crippen molar-refractivity contribution in [2.75, 3.05) is 18.4 Å². The molecule has 0 spiro atoms. The van der Waals surface area contributed by atoms with Gasteiger partial charge in [-0.25, -0.2) is 0 Å². The number of anilines is 1. The van der Waals surface area contributed by atoms with Crippen molar-refractivity contribution in [3.05, 3.63) is 59.2 Å². The summed E-state index contributed by atoms with van der Waals surface area (Å²) in [5, 5.41) is 7.23. The van der Waals surface area contributed by atoms with E-state index in [2.05, 4.69) is 15.0 Å². The van der Waals surface area contributed by atoms with Crippen LogP contribution in [0.15, 0.2) is 42.5 Å². The van der Waals surface area contributed by atoms with Crippen molar-refractivity contribution >= 4 is 39.3 Å². The number of hydrogen-bond acceptors (Lipinski definition) is 5. The summed E-state index contributed by atoms with van der Waals surface area (Å²) in [6.45, 7) is 3.19. The number of hydrogen-bond donors (Lipinski definition) is 3. The first-order valence-electron chi connectivity index (χ1n) is 8.89. The Morgan fingerprint density at radius 1 is 1.15 bits per heavy atom. The predicted octanol–water partition coefficient (Wildman–Crippen LogP) is 3.19. The molecule has 1 heterocycles. The third-order valence-corrected chi connectivity index (χ3v) is 5.06. The highest BCUT2D eigenvalue weighted by Crippen LogP contribution is 2.26. The smallest absolute Gasteiger partial charge is 0.251 e. The fourth-order valence-electron chi connectivity index (χ4n) is 2.85. The summed E-state index contributed by atoms with van der Waals surface area (Å²) < 4.78 is 5.56. The number of rotatable bonds is 8. The molecule has 0 saturated carbocycles. The Morgan fingerprint density at radius 3 is 2.74 bits per heavy atom. The van der Waals surface area contributed by atoms with Crippen molar-refractivity contribution in [2.45, 2.75) is 19.8 Å². The molecule has 0 saturated heterocycles. The van der Waals surface area contributed by atoms with Crippen LogP contribution >= 0.6 is 11.5 Å². The number of fused-ring (bicyclic) bond motifs is 1. The second-order valence-corrected chi connectivity index (χ2v) is 7.00. The standard InChI is InChI=1S/C20H22N4O2S/c1-2-10-23-20(26)14-7-8-15(18(21)25)13(12-14)9-11-22-19-16-5-3-4-6-17(16)27-24-19/h3-8,12H,2,9-11H2,1H3,(H2,21,25)(H,22,24)(H,23,26). The van der Waals surface area contributed by atoms with Gasteiger partial charge in [0.25, 0.3) is 5.91 Å². The first-order chi connectivity index (χ1) is 13.1. The molecule has 0 aliphatic rings. The minimum Gasteiger partial charge on any atom is -0.368 e. The number of nitrogens with zero attached hydrogens (tertiary/aromatic N) is 1. The van der Waals surface area contributed by atoms with Crippen molar-refractivity contribution in [2.24, 2.45) is 5.73 Å². The van der Waals surface area contributed by atoms with E-state index in [9.17, 15) is 9.59 Å². The summed E-state index contributed by atoms with van der Waals surface area (Å²) in [6.07, 6.45) is 1.42. The molecule has 7 heteroatoms.